The standard InChI is InChI=1S/C26H27FN6O2/c1-15-16(2)29-25-24(20-7-6-18(10-21(20)27)17-4-5-17)30-23(14-33(25)26(15)34)32-8-9-35-22(13-32)19-11-28-31(3)12-19/h6-7,10-12,14,17,22H,4-5,8-9,13H2,1-3H3/t22-/m1/s1. The van der Waals surface area contributed by atoms with Gasteiger partial charge in [-0.15, -0.1) is 0 Å². The van der Waals surface area contributed by atoms with Crippen molar-refractivity contribution in [2.24, 2.45) is 7.05 Å². The topological polar surface area (TPSA) is 77.6 Å². The Balaban J connectivity index is 1.49. The van der Waals surface area contributed by atoms with Crippen LogP contribution in [0.5, 0.6) is 0 Å². The number of benzene rings is 1. The molecule has 35 heavy (non-hydrogen) atoms. The zero-order valence-electron chi connectivity index (χ0n) is 20.0. The molecule has 0 amide bonds. The molecule has 180 valence electrons. The summed E-state index contributed by atoms with van der Waals surface area (Å²) in [5, 5.41) is 4.25. The zero-order valence-corrected chi connectivity index (χ0v) is 20.0. The number of halogens is 1. The highest BCUT2D eigenvalue weighted by Gasteiger charge is 2.27. The smallest absolute Gasteiger partial charge is 0.261 e. The minimum Gasteiger partial charge on any atom is -0.370 e. The van der Waals surface area contributed by atoms with Gasteiger partial charge in [-0.2, -0.15) is 5.10 Å². The van der Waals surface area contributed by atoms with E-state index in [-0.39, 0.29) is 17.5 Å². The maximum atomic E-state index is 15.4. The van der Waals surface area contributed by atoms with Crippen LogP contribution in [0.4, 0.5) is 10.2 Å². The molecule has 4 heterocycles. The molecule has 4 aromatic rings. The summed E-state index contributed by atoms with van der Waals surface area (Å²) >= 11 is 0. The van der Waals surface area contributed by atoms with Gasteiger partial charge >= 0.3 is 0 Å². The fourth-order valence-electron chi connectivity index (χ4n) is 4.72. The second kappa shape index (κ2) is 8.27. The van der Waals surface area contributed by atoms with Crippen LogP contribution in [0.3, 0.4) is 0 Å². The Morgan fingerprint density at radius 3 is 2.66 bits per heavy atom. The van der Waals surface area contributed by atoms with Crippen LogP contribution in [0.2, 0.25) is 0 Å². The fourth-order valence-corrected chi connectivity index (χ4v) is 4.72. The quantitative estimate of drug-likeness (QED) is 0.449. The van der Waals surface area contributed by atoms with E-state index in [1.54, 1.807) is 43.1 Å². The van der Waals surface area contributed by atoms with Crippen molar-refractivity contribution in [3.8, 4) is 11.3 Å². The van der Waals surface area contributed by atoms with Gasteiger partial charge in [0.15, 0.2) is 5.65 Å². The monoisotopic (exact) mass is 474 g/mol. The number of rotatable bonds is 4. The molecule has 6 rings (SSSR count). The highest BCUT2D eigenvalue weighted by molar-refractivity contribution is 5.76. The van der Waals surface area contributed by atoms with E-state index in [1.165, 1.54) is 4.40 Å². The van der Waals surface area contributed by atoms with Gasteiger partial charge in [0.25, 0.3) is 5.56 Å². The number of hydrogen-bond acceptors (Lipinski definition) is 6. The predicted molar refractivity (Wildman–Crippen MR) is 130 cm³/mol. The lowest BCUT2D eigenvalue weighted by Crippen LogP contribution is -2.39. The maximum Gasteiger partial charge on any atom is 0.261 e. The highest BCUT2D eigenvalue weighted by atomic mass is 19.1. The van der Waals surface area contributed by atoms with Crippen LogP contribution in [0, 0.1) is 19.7 Å². The molecule has 1 aromatic carbocycles. The molecule has 1 aliphatic heterocycles. The van der Waals surface area contributed by atoms with Crippen molar-refractivity contribution >= 4 is 11.5 Å². The van der Waals surface area contributed by atoms with Gasteiger partial charge < -0.3 is 9.64 Å². The molecule has 2 aliphatic rings. The zero-order chi connectivity index (χ0) is 24.3. The molecule has 3 aromatic heterocycles. The third-order valence-corrected chi connectivity index (χ3v) is 7.05. The largest absolute Gasteiger partial charge is 0.370 e. The summed E-state index contributed by atoms with van der Waals surface area (Å²) in [6.07, 6.45) is 7.46. The van der Waals surface area contributed by atoms with E-state index in [9.17, 15) is 4.79 Å². The first-order chi connectivity index (χ1) is 16.9. The fraction of sp³-hybridized carbons (Fsp3) is 0.385. The average Bonchev–Trinajstić information content (AvgIpc) is 3.62. The summed E-state index contributed by atoms with van der Waals surface area (Å²) in [6.45, 7) is 5.19. The number of anilines is 1. The molecule has 8 nitrogen and oxygen atoms in total. The predicted octanol–water partition coefficient (Wildman–Crippen LogP) is 3.70. The molecule has 1 saturated heterocycles. The Kier molecular flexibility index (Phi) is 5.17. The molecule has 0 unspecified atom stereocenters. The molecular formula is C26H27FN6O2. The van der Waals surface area contributed by atoms with E-state index in [4.69, 9.17) is 9.72 Å². The Bertz CT molecular complexity index is 1510. The lowest BCUT2D eigenvalue weighted by molar-refractivity contribution is 0.0394. The van der Waals surface area contributed by atoms with Crippen LogP contribution in [0.25, 0.3) is 16.9 Å². The molecule has 1 saturated carbocycles. The van der Waals surface area contributed by atoms with Crippen LogP contribution >= 0.6 is 0 Å². The van der Waals surface area contributed by atoms with Crippen molar-refractivity contribution in [1.29, 1.82) is 0 Å². The summed E-state index contributed by atoms with van der Waals surface area (Å²) in [5.74, 6) is 0.684. The molecule has 0 bridgehead atoms. The van der Waals surface area contributed by atoms with Crippen molar-refractivity contribution < 1.29 is 9.13 Å². The van der Waals surface area contributed by atoms with Crippen LogP contribution < -0.4 is 10.5 Å². The minimum atomic E-state index is -0.344. The summed E-state index contributed by atoms with van der Waals surface area (Å²) in [4.78, 5) is 24.8. The number of aryl methyl sites for hydroxylation is 2. The van der Waals surface area contributed by atoms with Crippen molar-refractivity contribution in [3.05, 3.63) is 75.3 Å². The molecule has 0 N–H and O–H groups in total. The van der Waals surface area contributed by atoms with Gasteiger partial charge in [0.05, 0.1) is 25.5 Å². The first kappa shape index (κ1) is 21.9. The Labute approximate surface area is 202 Å². The maximum absolute atomic E-state index is 15.4. The third kappa shape index (κ3) is 3.89. The third-order valence-electron chi connectivity index (χ3n) is 7.05. The molecular weight excluding hydrogens is 447 g/mol. The van der Waals surface area contributed by atoms with Crippen LogP contribution in [-0.4, -0.2) is 43.8 Å². The van der Waals surface area contributed by atoms with Crippen LogP contribution in [0.15, 0.2) is 41.6 Å². The van der Waals surface area contributed by atoms with Crippen molar-refractivity contribution in [1.82, 2.24) is 24.1 Å². The van der Waals surface area contributed by atoms with Gasteiger partial charge in [-0.3, -0.25) is 13.9 Å². The second-order valence-corrected chi connectivity index (χ2v) is 9.54. The number of hydrogen-bond donors (Lipinski definition) is 0. The van der Waals surface area contributed by atoms with E-state index in [1.807, 2.05) is 19.3 Å². The molecule has 9 heteroatoms. The van der Waals surface area contributed by atoms with E-state index in [2.05, 4.69) is 15.0 Å². The highest BCUT2D eigenvalue weighted by Crippen LogP contribution is 2.41. The van der Waals surface area contributed by atoms with Gasteiger partial charge in [-0.25, -0.2) is 14.4 Å². The van der Waals surface area contributed by atoms with Gasteiger partial charge in [-0.05, 0) is 50.3 Å². The lowest BCUT2D eigenvalue weighted by atomic mass is 10.0. The van der Waals surface area contributed by atoms with Gasteiger partial charge in [0.1, 0.15) is 23.4 Å². The number of morpholine rings is 1. The summed E-state index contributed by atoms with van der Waals surface area (Å²) in [5.41, 5.74) is 4.06. The first-order valence-electron chi connectivity index (χ1n) is 11.9. The van der Waals surface area contributed by atoms with Gasteiger partial charge in [-0.1, -0.05) is 6.07 Å². The van der Waals surface area contributed by atoms with E-state index in [0.29, 0.717) is 59.6 Å². The lowest BCUT2D eigenvalue weighted by Gasteiger charge is -2.33. The van der Waals surface area contributed by atoms with Gasteiger partial charge in [0, 0.05) is 42.2 Å². The Morgan fingerprint density at radius 1 is 1.11 bits per heavy atom. The second-order valence-electron chi connectivity index (χ2n) is 9.54. The molecule has 1 aliphatic carbocycles. The normalized spacial score (nSPS) is 18.4. The number of fused-ring (bicyclic) bond motifs is 1. The summed E-state index contributed by atoms with van der Waals surface area (Å²) < 4.78 is 24.6. The average molecular weight is 475 g/mol. The van der Waals surface area contributed by atoms with Crippen LogP contribution in [0.1, 0.15) is 47.2 Å². The van der Waals surface area contributed by atoms with E-state index >= 15 is 4.39 Å². The van der Waals surface area contributed by atoms with Crippen molar-refractivity contribution in [3.63, 3.8) is 0 Å². The molecule has 1 atom stereocenters. The van der Waals surface area contributed by atoms with Crippen LogP contribution in [-0.2, 0) is 11.8 Å². The number of ether oxygens (including phenoxy) is 1. The first-order valence-corrected chi connectivity index (χ1v) is 11.9. The molecule has 0 radical (unpaired) electrons. The summed E-state index contributed by atoms with van der Waals surface area (Å²) in [7, 11) is 1.87. The molecule has 2 fully saturated rings. The minimum absolute atomic E-state index is 0.176. The van der Waals surface area contributed by atoms with Crippen molar-refractivity contribution in [2.45, 2.75) is 38.7 Å². The number of aromatic nitrogens is 5. The number of nitrogens with zero attached hydrogens (tertiary/aromatic N) is 6. The van der Waals surface area contributed by atoms with Crippen molar-refractivity contribution in [2.75, 3.05) is 24.6 Å². The Morgan fingerprint density at radius 2 is 1.94 bits per heavy atom. The summed E-state index contributed by atoms with van der Waals surface area (Å²) in [6, 6.07) is 5.34. The van der Waals surface area contributed by atoms with E-state index in [0.717, 1.165) is 24.0 Å². The van der Waals surface area contributed by atoms with Gasteiger partial charge in [0.2, 0.25) is 0 Å². The SMILES string of the molecule is Cc1nc2c(-c3ccc(C4CC4)cc3F)nc(N3CCO[C@@H](c4cnn(C)c4)C3)cn2c(=O)c1C. The van der Waals surface area contributed by atoms with E-state index < -0.39 is 0 Å². The Hall–Kier alpha value is -3.59. The molecule has 0 spiro atoms.